The zero-order chi connectivity index (χ0) is 16.1. The first kappa shape index (κ1) is 16.7. The highest BCUT2D eigenvalue weighted by atomic mass is 32.2. The van der Waals surface area contributed by atoms with E-state index in [0.717, 1.165) is 0 Å². The van der Waals surface area contributed by atoms with Crippen LogP contribution in [0, 0.1) is 11.8 Å². The molecule has 0 bridgehead atoms. The molecule has 1 aliphatic rings. The van der Waals surface area contributed by atoms with Gasteiger partial charge < -0.3 is 0 Å². The number of rotatable bonds is 4. The third kappa shape index (κ3) is 4.45. The molecule has 0 heterocycles. The number of hydrogen-bond acceptors (Lipinski definition) is 2. The van der Waals surface area contributed by atoms with Gasteiger partial charge in [-0.15, -0.1) is 0 Å². The molecule has 2 aromatic rings. The van der Waals surface area contributed by atoms with Gasteiger partial charge in [0, 0.05) is 19.6 Å². The molecule has 2 aromatic carbocycles. The van der Waals surface area contributed by atoms with Crippen molar-refractivity contribution in [3.8, 4) is 0 Å². The standard InChI is InChI=1S/C21H24S2/c1-16-10-9-11-17(2)21(23-19-14-7-4-8-15-19)20(16)22-18-12-5-3-6-13-18/h3-8,12-17H,9-11H2,1-2H3. The number of thioether (sulfide) groups is 2. The fourth-order valence-corrected chi connectivity index (χ4v) is 5.60. The molecule has 0 saturated heterocycles. The van der Waals surface area contributed by atoms with Gasteiger partial charge in [-0.1, -0.05) is 80.2 Å². The zero-order valence-electron chi connectivity index (χ0n) is 13.9. The van der Waals surface area contributed by atoms with Crippen molar-refractivity contribution >= 4 is 23.5 Å². The van der Waals surface area contributed by atoms with Crippen LogP contribution < -0.4 is 0 Å². The summed E-state index contributed by atoms with van der Waals surface area (Å²) in [5.41, 5.74) is 0. The first-order valence-corrected chi connectivity index (χ1v) is 10.1. The fraction of sp³-hybridized carbons (Fsp3) is 0.333. The predicted octanol–water partition coefficient (Wildman–Crippen LogP) is 7.24. The van der Waals surface area contributed by atoms with Gasteiger partial charge in [-0.3, -0.25) is 0 Å². The van der Waals surface area contributed by atoms with Crippen LogP contribution in [0.4, 0.5) is 0 Å². The van der Waals surface area contributed by atoms with Crippen molar-refractivity contribution in [1.82, 2.24) is 0 Å². The highest BCUT2D eigenvalue weighted by Crippen LogP contribution is 2.47. The van der Waals surface area contributed by atoms with Crippen molar-refractivity contribution in [3.05, 3.63) is 70.5 Å². The maximum absolute atomic E-state index is 2.40. The van der Waals surface area contributed by atoms with Crippen molar-refractivity contribution < 1.29 is 0 Å². The van der Waals surface area contributed by atoms with E-state index in [0.29, 0.717) is 11.8 Å². The Balaban J connectivity index is 1.95. The van der Waals surface area contributed by atoms with E-state index >= 15 is 0 Å². The first-order chi connectivity index (χ1) is 11.2. The monoisotopic (exact) mass is 340 g/mol. The Morgan fingerprint density at radius 3 is 1.43 bits per heavy atom. The van der Waals surface area contributed by atoms with Crippen molar-refractivity contribution in [2.75, 3.05) is 0 Å². The summed E-state index contributed by atoms with van der Waals surface area (Å²) >= 11 is 3.95. The van der Waals surface area contributed by atoms with Gasteiger partial charge in [0.15, 0.2) is 0 Å². The SMILES string of the molecule is CC1CCCC(C)C(Sc2ccccc2)=C1Sc1ccccc1. The number of hydrogen-bond donors (Lipinski definition) is 0. The molecular formula is C21H24S2. The average molecular weight is 341 g/mol. The minimum Gasteiger partial charge on any atom is -0.0934 e. The van der Waals surface area contributed by atoms with E-state index in [4.69, 9.17) is 0 Å². The Morgan fingerprint density at radius 1 is 0.652 bits per heavy atom. The molecule has 0 aliphatic heterocycles. The normalized spacial score (nSPS) is 22.0. The Hall–Kier alpha value is -1.12. The van der Waals surface area contributed by atoms with Gasteiger partial charge >= 0.3 is 0 Å². The van der Waals surface area contributed by atoms with Gasteiger partial charge in [0.1, 0.15) is 0 Å². The van der Waals surface area contributed by atoms with E-state index in [1.807, 2.05) is 23.5 Å². The van der Waals surface area contributed by atoms with Crippen LogP contribution in [0.2, 0.25) is 0 Å². The largest absolute Gasteiger partial charge is 0.0934 e. The van der Waals surface area contributed by atoms with E-state index in [2.05, 4.69) is 74.5 Å². The zero-order valence-corrected chi connectivity index (χ0v) is 15.5. The van der Waals surface area contributed by atoms with Gasteiger partial charge in [0.05, 0.1) is 0 Å². The molecule has 0 N–H and O–H groups in total. The van der Waals surface area contributed by atoms with Gasteiger partial charge in [-0.2, -0.15) is 0 Å². The predicted molar refractivity (Wildman–Crippen MR) is 104 cm³/mol. The van der Waals surface area contributed by atoms with Crippen LogP contribution >= 0.6 is 23.5 Å². The Kier molecular flexibility index (Phi) is 5.91. The highest BCUT2D eigenvalue weighted by Gasteiger charge is 2.24. The quantitative estimate of drug-likeness (QED) is 0.575. The minimum atomic E-state index is 0.649. The van der Waals surface area contributed by atoms with Gasteiger partial charge in [0.25, 0.3) is 0 Å². The van der Waals surface area contributed by atoms with Crippen LogP contribution in [0.1, 0.15) is 33.1 Å². The van der Waals surface area contributed by atoms with Crippen LogP contribution in [0.15, 0.2) is 80.3 Å². The summed E-state index contributed by atoms with van der Waals surface area (Å²) in [6, 6.07) is 21.6. The lowest BCUT2D eigenvalue weighted by Gasteiger charge is -2.20. The van der Waals surface area contributed by atoms with Crippen molar-refractivity contribution in [2.45, 2.75) is 42.9 Å². The van der Waals surface area contributed by atoms with Crippen LogP contribution in [0.5, 0.6) is 0 Å². The second kappa shape index (κ2) is 8.12. The van der Waals surface area contributed by atoms with Crippen LogP contribution in [-0.2, 0) is 0 Å². The summed E-state index contributed by atoms with van der Waals surface area (Å²) in [6.07, 6.45) is 3.94. The summed E-state index contributed by atoms with van der Waals surface area (Å²) in [5.74, 6) is 1.30. The van der Waals surface area contributed by atoms with E-state index in [9.17, 15) is 0 Å². The molecule has 0 spiro atoms. The third-order valence-electron chi connectivity index (χ3n) is 4.35. The second-order valence-corrected chi connectivity index (χ2v) is 8.52. The average Bonchev–Trinajstić information content (AvgIpc) is 2.71. The van der Waals surface area contributed by atoms with Crippen molar-refractivity contribution in [3.63, 3.8) is 0 Å². The van der Waals surface area contributed by atoms with Crippen molar-refractivity contribution in [2.24, 2.45) is 11.8 Å². The molecule has 0 nitrogen and oxygen atoms in total. The summed E-state index contributed by atoms with van der Waals surface area (Å²) in [7, 11) is 0. The molecule has 23 heavy (non-hydrogen) atoms. The second-order valence-electron chi connectivity index (χ2n) is 6.29. The Bertz CT molecular complexity index is 589. The van der Waals surface area contributed by atoms with E-state index < -0.39 is 0 Å². The Labute approximate surface area is 148 Å². The molecule has 0 amide bonds. The molecule has 1 aliphatic carbocycles. The molecule has 2 atom stereocenters. The summed E-state index contributed by atoms with van der Waals surface area (Å²) in [6.45, 7) is 4.80. The molecule has 0 radical (unpaired) electrons. The van der Waals surface area contributed by atoms with Gasteiger partial charge in [-0.25, -0.2) is 0 Å². The maximum Gasteiger partial charge on any atom is 0.0119 e. The molecule has 0 saturated carbocycles. The van der Waals surface area contributed by atoms with Crippen molar-refractivity contribution in [1.29, 1.82) is 0 Å². The lowest BCUT2D eigenvalue weighted by Crippen LogP contribution is -2.00. The topological polar surface area (TPSA) is 0 Å². The fourth-order valence-electron chi connectivity index (χ4n) is 3.01. The number of benzene rings is 2. The molecule has 2 unspecified atom stereocenters. The molecule has 2 heteroatoms. The maximum atomic E-state index is 2.40. The molecule has 0 fully saturated rings. The van der Waals surface area contributed by atoms with Gasteiger partial charge in [-0.05, 0) is 48.9 Å². The summed E-state index contributed by atoms with van der Waals surface area (Å²) in [5, 5.41) is 0. The third-order valence-corrected chi connectivity index (χ3v) is 7.18. The van der Waals surface area contributed by atoms with Crippen LogP contribution in [0.3, 0.4) is 0 Å². The van der Waals surface area contributed by atoms with E-state index in [1.54, 1.807) is 9.81 Å². The molecule has 0 aromatic heterocycles. The summed E-state index contributed by atoms with van der Waals surface area (Å²) < 4.78 is 0. The highest BCUT2D eigenvalue weighted by molar-refractivity contribution is 8.06. The molecular weight excluding hydrogens is 316 g/mol. The lowest BCUT2D eigenvalue weighted by atomic mass is 10.1. The lowest BCUT2D eigenvalue weighted by molar-refractivity contribution is 0.554. The molecule has 120 valence electrons. The van der Waals surface area contributed by atoms with Gasteiger partial charge in [0.2, 0.25) is 0 Å². The molecule has 3 rings (SSSR count). The van der Waals surface area contributed by atoms with E-state index in [-0.39, 0.29) is 0 Å². The first-order valence-electron chi connectivity index (χ1n) is 8.44. The van der Waals surface area contributed by atoms with Crippen LogP contribution in [0.25, 0.3) is 0 Å². The number of allylic oxidation sites excluding steroid dienone is 2. The minimum absolute atomic E-state index is 0.649. The Morgan fingerprint density at radius 2 is 1.04 bits per heavy atom. The van der Waals surface area contributed by atoms with Crippen LogP contribution in [-0.4, -0.2) is 0 Å². The van der Waals surface area contributed by atoms with E-state index in [1.165, 1.54) is 29.1 Å². The summed E-state index contributed by atoms with van der Waals surface area (Å²) in [4.78, 5) is 5.87. The smallest absolute Gasteiger partial charge is 0.0119 e.